The number of hydrogen-bond acceptors (Lipinski definition) is 6. The maximum atomic E-state index is 12.3. The lowest BCUT2D eigenvalue weighted by molar-refractivity contribution is 0.0680. The Hall–Kier alpha value is -3.70. The Morgan fingerprint density at radius 1 is 1.25 bits per heavy atom. The van der Waals surface area contributed by atoms with Gasteiger partial charge in [-0.2, -0.15) is 15.0 Å². The Bertz CT molecular complexity index is 1050. The number of amides is 1. The fraction of sp³-hybridized carbons (Fsp3) is 0.200. The summed E-state index contributed by atoms with van der Waals surface area (Å²) in [6, 6.07) is 12.2. The average molecular weight is 374 g/mol. The van der Waals surface area contributed by atoms with Crippen LogP contribution in [0.4, 0.5) is 0 Å². The number of hydrogen-bond donors (Lipinski definition) is 2. The van der Waals surface area contributed by atoms with Crippen molar-refractivity contribution in [3.05, 3.63) is 59.9 Å². The van der Waals surface area contributed by atoms with Crippen LogP contribution in [0.1, 0.15) is 22.3 Å². The number of pyridine rings is 1. The van der Waals surface area contributed by atoms with Crippen LogP contribution in [0.25, 0.3) is 16.9 Å². The molecule has 2 N–H and O–H groups in total. The van der Waals surface area contributed by atoms with Gasteiger partial charge in [-0.3, -0.25) is 9.69 Å². The molecule has 0 bridgehead atoms. The summed E-state index contributed by atoms with van der Waals surface area (Å²) < 4.78 is 1.30. The maximum Gasteiger partial charge on any atom is 0.254 e. The third kappa shape index (κ3) is 3.19. The average Bonchev–Trinajstić information content (AvgIpc) is 3.12. The molecule has 4 rings (SSSR count). The largest absolute Gasteiger partial charge is 0.493 e. The Morgan fingerprint density at radius 3 is 2.61 bits per heavy atom. The summed E-state index contributed by atoms with van der Waals surface area (Å²) in [7, 11) is 1.96. The van der Waals surface area contributed by atoms with Gasteiger partial charge in [-0.15, -0.1) is 0 Å². The molecular formula is C20H18N6O2. The van der Waals surface area contributed by atoms with Crippen LogP contribution in [-0.4, -0.2) is 50.4 Å². The van der Waals surface area contributed by atoms with Crippen molar-refractivity contribution in [2.75, 3.05) is 13.6 Å². The lowest BCUT2D eigenvalue weighted by Crippen LogP contribution is -2.55. The van der Waals surface area contributed by atoms with E-state index in [-0.39, 0.29) is 18.0 Å². The predicted octanol–water partition coefficient (Wildman–Crippen LogP) is 1.90. The number of nitrogens with one attached hydrogen (secondary N) is 1. The van der Waals surface area contributed by atoms with Crippen molar-refractivity contribution < 1.29 is 9.90 Å². The molecule has 0 saturated carbocycles. The minimum atomic E-state index is -0.182. The summed E-state index contributed by atoms with van der Waals surface area (Å²) in [4.78, 5) is 18.6. The molecular weight excluding hydrogens is 356 g/mol. The molecule has 3 heterocycles. The molecule has 1 atom stereocenters. The molecule has 1 aliphatic heterocycles. The van der Waals surface area contributed by atoms with Crippen LogP contribution in [0, 0.1) is 11.3 Å². The number of nitrogens with zero attached hydrogens (tertiary/aromatic N) is 5. The molecule has 140 valence electrons. The van der Waals surface area contributed by atoms with Crippen molar-refractivity contribution in [1.29, 1.82) is 5.26 Å². The van der Waals surface area contributed by atoms with Gasteiger partial charge < -0.3 is 10.4 Å². The van der Waals surface area contributed by atoms with Crippen molar-refractivity contribution in [3.63, 3.8) is 0 Å². The van der Waals surface area contributed by atoms with E-state index >= 15 is 0 Å². The molecule has 1 saturated heterocycles. The first-order valence-corrected chi connectivity index (χ1v) is 8.82. The minimum absolute atomic E-state index is 0.0644. The molecule has 1 unspecified atom stereocenters. The number of carbonyl (C=O) groups excluding carboxylic acids is 1. The molecule has 1 amide bonds. The van der Waals surface area contributed by atoms with Crippen LogP contribution in [0.5, 0.6) is 5.88 Å². The smallest absolute Gasteiger partial charge is 0.254 e. The standard InChI is InChI=1S/C20H18N6O2/c1-25-9-8-18(25)24-19(27)15-6-7-17(22-11-15)26-20(28)16(12-23-26)14-4-2-13(10-21)3-5-14/h2-7,11-12,18,28H,8-9H2,1H3,(H,24,27). The second-order valence-electron chi connectivity index (χ2n) is 6.65. The predicted molar refractivity (Wildman–Crippen MR) is 102 cm³/mol. The maximum absolute atomic E-state index is 12.3. The Balaban J connectivity index is 1.54. The highest BCUT2D eigenvalue weighted by atomic mass is 16.3. The van der Waals surface area contributed by atoms with E-state index < -0.39 is 0 Å². The SMILES string of the molecule is CN1CCC1NC(=O)c1ccc(-n2ncc(-c3ccc(C#N)cc3)c2O)nc1. The minimum Gasteiger partial charge on any atom is -0.493 e. The molecule has 0 radical (unpaired) electrons. The van der Waals surface area contributed by atoms with E-state index in [0.29, 0.717) is 22.5 Å². The molecule has 0 spiro atoms. The van der Waals surface area contributed by atoms with E-state index in [1.807, 2.05) is 7.05 Å². The highest BCUT2D eigenvalue weighted by molar-refractivity contribution is 5.94. The summed E-state index contributed by atoms with van der Waals surface area (Å²) in [6.45, 7) is 0.974. The summed E-state index contributed by atoms with van der Waals surface area (Å²) in [6.07, 6.45) is 4.00. The molecule has 1 fully saturated rings. The van der Waals surface area contributed by atoms with Gasteiger partial charge in [0.05, 0.1) is 35.1 Å². The van der Waals surface area contributed by atoms with Gasteiger partial charge in [0.25, 0.3) is 5.91 Å². The van der Waals surface area contributed by atoms with Crippen LogP contribution in [0.3, 0.4) is 0 Å². The summed E-state index contributed by atoms with van der Waals surface area (Å²) >= 11 is 0. The van der Waals surface area contributed by atoms with Gasteiger partial charge in [0, 0.05) is 12.7 Å². The monoisotopic (exact) mass is 374 g/mol. The molecule has 0 aliphatic carbocycles. The van der Waals surface area contributed by atoms with Crippen LogP contribution in [-0.2, 0) is 0 Å². The van der Waals surface area contributed by atoms with Crippen LogP contribution >= 0.6 is 0 Å². The summed E-state index contributed by atoms with van der Waals surface area (Å²) in [5, 5.41) is 26.6. The normalized spacial score (nSPS) is 16.2. The van der Waals surface area contributed by atoms with E-state index in [4.69, 9.17) is 5.26 Å². The van der Waals surface area contributed by atoms with Crippen molar-refractivity contribution in [2.24, 2.45) is 0 Å². The Labute approximate surface area is 161 Å². The van der Waals surface area contributed by atoms with Gasteiger partial charge in [-0.1, -0.05) is 12.1 Å². The first-order chi connectivity index (χ1) is 13.6. The number of nitriles is 1. The third-order valence-electron chi connectivity index (χ3n) is 4.88. The van der Waals surface area contributed by atoms with Gasteiger partial charge >= 0.3 is 0 Å². The third-order valence-corrected chi connectivity index (χ3v) is 4.88. The number of likely N-dealkylation sites (tertiary alicyclic amines) is 1. The number of benzene rings is 1. The fourth-order valence-electron chi connectivity index (χ4n) is 3.02. The molecule has 1 aromatic carbocycles. The molecule has 28 heavy (non-hydrogen) atoms. The van der Waals surface area contributed by atoms with Gasteiger partial charge in [-0.05, 0) is 43.3 Å². The fourth-order valence-corrected chi connectivity index (χ4v) is 3.02. The first kappa shape index (κ1) is 17.7. The lowest BCUT2D eigenvalue weighted by Gasteiger charge is -2.38. The van der Waals surface area contributed by atoms with Crippen molar-refractivity contribution in [2.45, 2.75) is 12.6 Å². The van der Waals surface area contributed by atoms with Crippen LogP contribution < -0.4 is 5.32 Å². The van der Waals surface area contributed by atoms with Gasteiger partial charge in [0.15, 0.2) is 5.82 Å². The zero-order valence-electron chi connectivity index (χ0n) is 15.2. The number of aromatic hydroxyl groups is 1. The van der Waals surface area contributed by atoms with E-state index in [0.717, 1.165) is 18.5 Å². The van der Waals surface area contributed by atoms with E-state index in [2.05, 4.69) is 26.4 Å². The number of carbonyl (C=O) groups is 1. The van der Waals surface area contributed by atoms with Crippen molar-refractivity contribution >= 4 is 5.91 Å². The lowest BCUT2D eigenvalue weighted by atomic mass is 10.1. The molecule has 3 aromatic rings. The topological polar surface area (TPSA) is 107 Å². The van der Waals surface area contributed by atoms with E-state index in [9.17, 15) is 9.90 Å². The van der Waals surface area contributed by atoms with Gasteiger partial charge in [0.2, 0.25) is 5.88 Å². The van der Waals surface area contributed by atoms with Crippen LogP contribution in [0.15, 0.2) is 48.8 Å². The van der Waals surface area contributed by atoms with Gasteiger partial charge in [0.1, 0.15) is 0 Å². The van der Waals surface area contributed by atoms with Crippen molar-refractivity contribution in [1.82, 2.24) is 25.0 Å². The van der Waals surface area contributed by atoms with Gasteiger partial charge in [-0.25, -0.2) is 4.98 Å². The highest BCUT2D eigenvalue weighted by Crippen LogP contribution is 2.30. The summed E-state index contributed by atoms with van der Waals surface area (Å²) in [5.41, 5.74) is 2.26. The number of rotatable bonds is 4. The Kier molecular flexibility index (Phi) is 4.51. The zero-order valence-corrected chi connectivity index (χ0v) is 15.2. The molecule has 8 nitrogen and oxygen atoms in total. The Morgan fingerprint density at radius 2 is 2.04 bits per heavy atom. The second-order valence-corrected chi connectivity index (χ2v) is 6.65. The molecule has 2 aromatic heterocycles. The van der Waals surface area contributed by atoms with E-state index in [1.165, 1.54) is 17.1 Å². The summed E-state index contributed by atoms with van der Waals surface area (Å²) in [5.74, 6) is 0.152. The van der Waals surface area contributed by atoms with Crippen LogP contribution in [0.2, 0.25) is 0 Å². The van der Waals surface area contributed by atoms with Crippen molar-refractivity contribution in [3.8, 4) is 28.9 Å². The quantitative estimate of drug-likeness (QED) is 0.722. The second kappa shape index (κ2) is 7.13. The molecule has 8 heteroatoms. The number of aromatic nitrogens is 3. The first-order valence-electron chi connectivity index (χ1n) is 8.82. The zero-order chi connectivity index (χ0) is 19.7. The molecule has 1 aliphatic rings. The highest BCUT2D eigenvalue weighted by Gasteiger charge is 2.26. The van der Waals surface area contributed by atoms with E-state index in [1.54, 1.807) is 36.4 Å².